The minimum Gasteiger partial charge on any atom is -0.324 e. The second-order valence-electron chi connectivity index (χ2n) is 7.97. The van der Waals surface area contributed by atoms with Crippen LogP contribution in [0, 0.1) is 0 Å². The zero-order valence-electron chi connectivity index (χ0n) is 19.0. The third-order valence-corrected chi connectivity index (χ3v) is 9.01. The molecule has 0 saturated carbocycles. The molecule has 0 bridgehead atoms. The van der Waals surface area contributed by atoms with Gasteiger partial charge in [0.25, 0.3) is 5.91 Å². The van der Waals surface area contributed by atoms with E-state index in [-0.39, 0.29) is 16.7 Å². The SMILES string of the molecule is O=C(Nc1ccc(Br)cc1)c1ccc2nc(Nc3cc(CNS(=O)(=O)c4cccs4)ccc3Cl)[nH]c2c1. The van der Waals surface area contributed by atoms with Crippen LogP contribution in [-0.4, -0.2) is 24.3 Å². The number of carbonyl (C=O) groups is 1. The number of fused-ring (bicyclic) bond motifs is 1. The summed E-state index contributed by atoms with van der Waals surface area (Å²) in [5, 5.41) is 8.17. The number of anilines is 3. The number of hydrogen-bond acceptors (Lipinski definition) is 6. The molecule has 0 spiro atoms. The average Bonchev–Trinajstić information content (AvgIpc) is 3.56. The van der Waals surface area contributed by atoms with Crippen LogP contribution in [0.15, 0.2) is 86.9 Å². The molecule has 0 unspecified atom stereocenters. The highest BCUT2D eigenvalue weighted by molar-refractivity contribution is 9.10. The number of amides is 1. The molecular formula is C25H19BrClN5O3S2. The van der Waals surface area contributed by atoms with Crippen molar-refractivity contribution in [3.05, 3.63) is 98.8 Å². The number of imidazole rings is 1. The monoisotopic (exact) mass is 615 g/mol. The summed E-state index contributed by atoms with van der Waals surface area (Å²) in [6, 6.07) is 20.9. The molecule has 0 aliphatic heterocycles. The van der Waals surface area contributed by atoms with E-state index in [1.807, 2.05) is 24.3 Å². The number of nitrogens with zero attached hydrogens (tertiary/aromatic N) is 1. The molecule has 4 N–H and O–H groups in total. The Bertz CT molecular complexity index is 1690. The number of nitrogens with one attached hydrogen (secondary N) is 4. The Kier molecular flexibility index (Phi) is 7.31. The summed E-state index contributed by atoms with van der Waals surface area (Å²) in [6.07, 6.45) is 0. The van der Waals surface area contributed by atoms with Gasteiger partial charge in [-0.15, -0.1) is 11.3 Å². The number of thiophene rings is 1. The topological polar surface area (TPSA) is 116 Å². The van der Waals surface area contributed by atoms with Gasteiger partial charge < -0.3 is 15.6 Å². The molecular weight excluding hydrogens is 598 g/mol. The maximum Gasteiger partial charge on any atom is 0.255 e. The molecule has 0 radical (unpaired) electrons. The van der Waals surface area contributed by atoms with Gasteiger partial charge in [-0.25, -0.2) is 18.1 Å². The molecule has 0 aliphatic carbocycles. The fourth-order valence-corrected chi connectivity index (χ4v) is 6.00. The normalized spacial score (nSPS) is 11.5. The predicted octanol–water partition coefficient (Wildman–Crippen LogP) is 6.51. The Morgan fingerprint density at radius 2 is 1.86 bits per heavy atom. The van der Waals surface area contributed by atoms with Crippen molar-refractivity contribution in [3.8, 4) is 0 Å². The predicted molar refractivity (Wildman–Crippen MR) is 151 cm³/mol. The lowest BCUT2D eigenvalue weighted by Crippen LogP contribution is -2.22. The summed E-state index contributed by atoms with van der Waals surface area (Å²) >= 11 is 10.9. The number of aromatic amines is 1. The van der Waals surface area contributed by atoms with Gasteiger partial charge in [-0.2, -0.15) is 0 Å². The largest absolute Gasteiger partial charge is 0.324 e. The van der Waals surface area contributed by atoms with Crippen LogP contribution in [0.3, 0.4) is 0 Å². The second-order valence-corrected chi connectivity index (χ2v) is 12.2. The molecule has 5 rings (SSSR count). The van der Waals surface area contributed by atoms with Gasteiger partial charge in [0, 0.05) is 22.3 Å². The summed E-state index contributed by atoms with van der Waals surface area (Å²) in [4.78, 5) is 20.4. The number of aromatic nitrogens is 2. The van der Waals surface area contributed by atoms with E-state index in [1.54, 1.807) is 53.9 Å². The standard InChI is InChI=1S/C25H19BrClN5O3S2/c26-17-5-7-18(8-6-17)29-24(33)16-4-10-20-22(13-16)32-25(30-20)31-21-12-15(3-9-19(21)27)14-28-37(34,35)23-2-1-11-36-23/h1-13,28H,14H2,(H,29,33)(H2,30,31,32). The fraction of sp³-hybridized carbons (Fsp3) is 0.0400. The first kappa shape index (κ1) is 25.4. The molecule has 5 aromatic rings. The lowest BCUT2D eigenvalue weighted by Gasteiger charge is -2.09. The molecule has 2 heterocycles. The summed E-state index contributed by atoms with van der Waals surface area (Å²) < 4.78 is 28.6. The lowest BCUT2D eigenvalue weighted by atomic mass is 10.2. The van der Waals surface area contributed by atoms with Crippen LogP contribution in [0.25, 0.3) is 11.0 Å². The minimum absolute atomic E-state index is 0.100. The number of rotatable bonds is 8. The van der Waals surface area contributed by atoms with Crippen molar-refractivity contribution in [2.24, 2.45) is 0 Å². The van der Waals surface area contributed by atoms with E-state index < -0.39 is 10.0 Å². The lowest BCUT2D eigenvalue weighted by molar-refractivity contribution is 0.102. The molecule has 188 valence electrons. The first-order chi connectivity index (χ1) is 17.8. The maximum absolute atomic E-state index is 12.7. The Balaban J connectivity index is 1.30. The highest BCUT2D eigenvalue weighted by atomic mass is 79.9. The van der Waals surface area contributed by atoms with E-state index in [4.69, 9.17) is 11.6 Å². The number of halogens is 2. The molecule has 12 heteroatoms. The fourth-order valence-electron chi connectivity index (χ4n) is 3.52. The number of hydrogen-bond donors (Lipinski definition) is 4. The highest BCUT2D eigenvalue weighted by Gasteiger charge is 2.15. The second kappa shape index (κ2) is 10.6. The third-order valence-electron chi connectivity index (χ3n) is 5.36. The maximum atomic E-state index is 12.7. The summed E-state index contributed by atoms with van der Waals surface area (Å²) in [5.41, 5.74) is 3.77. The zero-order chi connectivity index (χ0) is 26.0. The summed E-state index contributed by atoms with van der Waals surface area (Å²) in [6.45, 7) is 0.100. The first-order valence-corrected chi connectivity index (χ1v) is 14.5. The van der Waals surface area contributed by atoms with Crippen LogP contribution in [0.2, 0.25) is 5.02 Å². The van der Waals surface area contributed by atoms with Crippen LogP contribution >= 0.6 is 38.9 Å². The van der Waals surface area contributed by atoms with Gasteiger partial charge in [0.15, 0.2) is 0 Å². The van der Waals surface area contributed by atoms with E-state index in [0.29, 0.717) is 38.9 Å². The Morgan fingerprint density at radius 3 is 2.62 bits per heavy atom. The molecule has 0 atom stereocenters. The molecule has 0 saturated heterocycles. The Hall–Kier alpha value is -3.22. The van der Waals surface area contributed by atoms with Crippen molar-refractivity contribution in [2.75, 3.05) is 10.6 Å². The van der Waals surface area contributed by atoms with Crippen molar-refractivity contribution in [2.45, 2.75) is 10.8 Å². The zero-order valence-corrected chi connectivity index (χ0v) is 22.9. The van der Waals surface area contributed by atoms with Gasteiger partial charge in [0.05, 0.1) is 21.7 Å². The van der Waals surface area contributed by atoms with Gasteiger partial charge in [-0.3, -0.25) is 4.79 Å². The van der Waals surface area contributed by atoms with Crippen molar-refractivity contribution in [1.82, 2.24) is 14.7 Å². The van der Waals surface area contributed by atoms with E-state index in [0.717, 1.165) is 21.4 Å². The van der Waals surface area contributed by atoms with Gasteiger partial charge in [-0.05, 0) is 71.6 Å². The van der Waals surface area contributed by atoms with E-state index in [1.165, 1.54) is 0 Å². The van der Waals surface area contributed by atoms with Gasteiger partial charge in [-0.1, -0.05) is 39.7 Å². The molecule has 1 amide bonds. The van der Waals surface area contributed by atoms with Crippen molar-refractivity contribution < 1.29 is 13.2 Å². The molecule has 2 aromatic heterocycles. The molecule has 37 heavy (non-hydrogen) atoms. The molecule has 3 aromatic carbocycles. The highest BCUT2D eigenvalue weighted by Crippen LogP contribution is 2.27. The van der Waals surface area contributed by atoms with Crippen molar-refractivity contribution in [1.29, 1.82) is 0 Å². The number of H-pyrrole nitrogens is 1. The van der Waals surface area contributed by atoms with Crippen LogP contribution < -0.4 is 15.4 Å². The molecule has 0 aliphatic rings. The van der Waals surface area contributed by atoms with Crippen LogP contribution in [0.5, 0.6) is 0 Å². The van der Waals surface area contributed by atoms with Crippen LogP contribution in [-0.2, 0) is 16.6 Å². The first-order valence-electron chi connectivity index (χ1n) is 10.9. The molecule has 0 fully saturated rings. The van der Waals surface area contributed by atoms with Crippen LogP contribution in [0.4, 0.5) is 17.3 Å². The van der Waals surface area contributed by atoms with E-state index >= 15 is 0 Å². The quantitative estimate of drug-likeness (QED) is 0.159. The Morgan fingerprint density at radius 1 is 1.05 bits per heavy atom. The van der Waals surface area contributed by atoms with E-state index in [9.17, 15) is 13.2 Å². The Labute approximate surface area is 230 Å². The van der Waals surface area contributed by atoms with Gasteiger partial charge >= 0.3 is 0 Å². The van der Waals surface area contributed by atoms with Gasteiger partial charge in [0.1, 0.15) is 4.21 Å². The minimum atomic E-state index is -3.59. The number of carbonyl (C=O) groups excluding carboxylic acids is 1. The third kappa shape index (κ3) is 6.03. The number of benzene rings is 3. The molecule has 8 nitrogen and oxygen atoms in total. The van der Waals surface area contributed by atoms with Crippen LogP contribution in [0.1, 0.15) is 15.9 Å². The smallest absolute Gasteiger partial charge is 0.255 e. The summed E-state index contributed by atoms with van der Waals surface area (Å²) in [5.74, 6) is 0.188. The average molecular weight is 617 g/mol. The van der Waals surface area contributed by atoms with E-state index in [2.05, 4.69) is 41.3 Å². The van der Waals surface area contributed by atoms with Gasteiger partial charge in [0.2, 0.25) is 16.0 Å². The van der Waals surface area contributed by atoms with Crippen molar-refractivity contribution >= 4 is 83.2 Å². The number of sulfonamides is 1. The summed E-state index contributed by atoms with van der Waals surface area (Å²) in [7, 11) is -3.59. The van der Waals surface area contributed by atoms with Crippen molar-refractivity contribution in [3.63, 3.8) is 0 Å².